The Balaban J connectivity index is 1.65. The van der Waals surface area contributed by atoms with Crippen LogP contribution >= 0.6 is 22.6 Å². The number of hydrogen-bond acceptors (Lipinski definition) is 3. The molecule has 2 aromatic rings. The third-order valence-electron chi connectivity index (χ3n) is 3.37. The van der Waals surface area contributed by atoms with Gasteiger partial charge >= 0.3 is 0 Å². The van der Waals surface area contributed by atoms with Gasteiger partial charge in [0, 0.05) is 10.1 Å². The van der Waals surface area contributed by atoms with Crippen molar-refractivity contribution in [3.05, 3.63) is 63.2 Å². The Hall–Kier alpha value is -2.09. The lowest BCUT2D eigenvalue weighted by atomic mass is 10.1. The molecule has 3 N–H and O–H groups in total. The molecule has 0 aromatic heterocycles. The minimum Gasteiger partial charge on any atom is -0.508 e. The van der Waals surface area contributed by atoms with Gasteiger partial charge in [0.2, 0.25) is 11.8 Å². The van der Waals surface area contributed by atoms with Crippen LogP contribution in [0.25, 0.3) is 0 Å². The summed E-state index contributed by atoms with van der Waals surface area (Å²) >= 11 is 2.25. The molecule has 0 unspecified atom stereocenters. The van der Waals surface area contributed by atoms with Crippen LogP contribution in [0.1, 0.15) is 11.1 Å². The normalized spacial score (nSPS) is 10.2. The standard InChI is InChI=1S/C18H19IN2O3/c19-15-6-4-13(5-7-15)8-9-20-18(24)12-21-17(23)11-14-2-1-3-16(22)10-14/h1-7,10,22H,8-9,11-12H2,(H,20,24)(H,21,23). The lowest BCUT2D eigenvalue weighted by Gasteiger charge is -2.07. The minimum atomic E-state index is -0.256. The molecule has 0 fully saturated rings. The van der Waals surface area contributed by atoms with Crippen LogP contribution in [0.15, 0.2) is 48.5 Å². The highest BCUT2D eigenvalue weighted by Gasteiger charge is 2.07. The first-order valence-electron chi connectivity index (χ1n) is 7.58. The van der Waals surface area contributed by atoms with Crippen LogP contribution in [-0.2, 0) is 22.4 Å². The third-order valence-corrected chi connectivity index (χ3v) is 4.09. The van der Waals surface area contributed by atoms with Gasteiger partial charge in [0.05, 0.1) is 13.0 Å². The van der Waals surface area contributed by atoms with Crippen LogP contribution in [0.4, 0.5) is 0 Å². The number of halogens is 1. The topological polar surface area (TPSA) is 78.4 Å². The molecule has 2 aromatic carbocycles. The summed E-state index contributed by atoms with van der Waals surface area (Å²) in [6.07, 6.45) is 0.879. The van der Waals surface area contributed by atoms with E-state index in [4.69, 9.17) is 0 Å². The summed E-state index contributed by atoms with van der Waals surface area (Å²) in [4.78, 5) is 23.5. The van der Waals surface area contributed by atoms with Crippen molar-refractivity contribution >= 4 is 34.4 Å². The van der Waals surface area contributed by atoms with E-state index in [-0.39, 0.29) is 30.5 Å². The quantitative estimate of drug-likeness (QED) is 0.579. The second-order valence-electron chi connectivity index (χ2n) is 5.35. The highest BCUT2D eigenvalue weighted by atomic mass is 127. The van der Waals surface area contributed by atoms with Crippen molar-refractivity contribution in [2.45, 2.75) is 12.8 Å². The van der Waals surface area contributed by atoms with Crippen molar-refractivity contribution in [1.29, 1.82) is 0 Å². The summed E-state index contributed by atoms with van der Waals surface area (Å²) < 4.78 is 1.18. The molecule has 6 heteroatoms. The third kappa shape index (κ3) is 6.57. The number of rotatable bonds is 7. The number of phenols is 1. The van der Waals surface area contributed by atoms with Gasteiger partial charge in [-0.3, -0.25) is 9.59 Å². The SMILES string of the molecule is O=C(CNC(=O)Cc1cccc(O)c1)NCCc1ccc(I)cc1. The number of benzene rings is 2. The van der Waals surface area contributed by atoms with Crippen LogP contribution in [0.2, 0.25) is 0 Å². The van der Waals surface area contributed by atoms with E-state index in [0.29, 0.717) is 12.1 Å². The van der Waals surface area contributed by atoms with E-state index >= 15 is 0 Å². The molecule has 0 aliphatic heterocycles. The van der Waals surface area contributed by atoms with Crippen molar-refractivity contribution in [3.8, 4) is 5.75 Å². The fourth-order valence-electron chi connectivity index (χ4n) is 2.15. The molecule has 0 bridgehead atoms. The first kappa shape index (κ1) is 18.3. The molecule has 5 nitrogen and oxygen atoms in total. The molecule has 2 amide bonds. The molecule has 0 spiro atoms. The van der Waals surface area contributed by atoms with Gasteiger partial charge in [0.1, 0.15) is 5.75 Å². The zero-order valence-electron chi connectivity index (χ0n) is 13.1. The molecule has 126 valence electrons. The largest absolute Gasteiger partial charge is 0.508 e. The summed E-state index contributed by atoms with van der Waals surface area (Å²) in [5, 5.41) is 14.7. The zero-order chi connectivity index (χ0) is 17.4. The number of phenolic OH excluding ortho intramolecular Hbond substituents is 1. The van der Waals surface area contributed by atoms with Crippen LogP contribution in [0, 0.1) is 3.57 Å². The molecule has 0 atom stereocenters. The van der Waals surface area contributed by atoms with E-state index < -0.39 is 0 Å². The van der Waals surface area contributed by atoms with E-state index in [2.05, 4.69) is 33.2 Å². The van der Waals surface area contributed by atoms with E-state index in [1.807, 2.05) is 24.3 Å². The highest BCUT2D eigenvalue weighted by Crippen LogP contribution is 2.11. The van der Waals surface area contributed by atoms with E-state index in [1.54, 1.807) is 18.2 Å². The Morgan fingerprint density at radius 3 is 2.42 bits per heavy atom. The van der Waals surface area contributed by atoms with Gasteiger partial charge in [0.25, 0.3) is 0 Å². The lowest BCUT2D eigenvalue weighted by Crippen LogP contribution is -2.38. The Kier molecular flexibility index (Phi) is 7.05. The number of carbonyl (C=O) groups is 2. The predicted molar refractivity (Wildman–Crippen MR) is 101 cm³/mol. The summed E-state index contributed by atoms with van der Waals surface area (Å²) in [6.45, 7) is 0.478. The number of nitrogens with one attached hydrogen (secondary N) is 2. The Labute approximate surface area is 154 Å². The molecule has 0 aliphatic carbocycles. The number of amides is 2. The van der Waals surface area contributed by atoms with Crippen molar-refractivity contribution in [3.63, 3.8) is 0 Å². The smallest absolute Gasteiger partial charge is 0.239 e. The van der Waals surface area contributed by atoms with Gasteiger partial charge in [-0.05, 0) is 64.4 Å². The Morgan fingerprint density at radius 2 is 1.71 bits per heavy atom. The lowest BCUT2D eigenvalue weighted by molar-refractivity contribution is -0.125. The molecule has 24 heavy (non-hydrogen) atoms. The summed E-state index contributed by atoms with van der Waals surface area (Å²) in [5.74, 6) is -0.355. The van der Waals surface area contributed by atoms with E-state index in [9.17, 15) is 14.7 Å². The first-order valence-corrected chi connectivity index (χ1v) is 8.66. The molecular formula is C18H19IN2O3. The fraction of sp³-hybridized carbons (Fsp3) is 0.222. The maximum Gasteiger partial charge on any atom is 0.239 e. The molecular weight excluding hydrogens is 419 g/mol. The predicted octanol–water partition coefficient (Wildman–Crippen LogP) is 2.01. The van der Waals surface area contributed by atoms with Crippen LogP contribution < -0.4 is 10.6 Å². The fourth-order valence-corrected chi connectivity index (χ4v) is 2.51. The maximum atomic E-state index is 11.8. The van der Waals surface area contributed by atoms with Crippen LogP contribution in [-0.4, -0.2) is 30.0 Å². The van der Waals surface area contributed by atoms with Gasteiger partial charge in [-0.1, -0.05) is 24.3 Å². The summed E-state index contributed by atoms with van der Waals surface area (Å²) in [7, 11) is 0. The number of hydrogen-bond donors (Lipinski definition) is 3. The monoisotopic (exact) mass is 438 g/mol. The van der Waals surface area contributed by atoms with Gasteiger partial charge in [-0.25, -0.2) is 0 Å². The van der Waals surface area contributed by atoms with Crippen molar-refractivity contribution < 1.29 is 14.7 Å². The molecule has 0 saturated heterocycles. The maximum absolute atomic E-state index is 11.8. The zero-order valence-corrected chi connectivity index (χ0v) is 15.2. The minimum absolute atomic E-state index is 0.0513. The van der Waals surface area contributed by atoms with E-state index in [0.717, 1.165) is 12.0 Å². The molecule has 0 heterocycles. The average molecular weight is 438 g/mol. The summed E-state index contributed by atoms with van der Waals surface area (Å²) in [6, 6.07) is 14.6. The van der Waals surface area contributed by atoms with Gasteiger partial charge in [0.15, 0.2) is 0 Å². The first-order chi connectivity index (χ1) is 11.5. The van der Waals surface area contributed by atoms with Gasteiger partial charge in [-0.2, -0.15) is 0 Å². The second-order valence-corrected chi connectivity index (χ2v) is 6.60. The average Bonchev–Trinajstić information content (AvgIpc) is 2.55. The van der Waals surface area contributed by atoms with Crippen LogP contribution in [0.5, 0.6) is 5.75 Å². The van der Waals surface area contributed by atoms with Crippen molar-refractivity contribution in [2.75, 3.05) is 13.1 Å². The molecule has 0 aliphatic rings. The molecule has 0 radical (unpaired) electrons. The number of aromatic hydroxyl groups is 1. The van der Waals surface area contributed by atoms with Crippen molar-refractivity contribution in [2.24, 2.45) is 0 Å². The summed E-state index contributed by atoms with van der Waals surface area (Å²) in [5.41, 5.74) is 1.86. The number of carbonyl (C=O) groups excluding carboxylic acids is 2. The van der Waals surface area contributed by atoms with Crippen LogP contribution in [0.3, 0.4) is 0 Å². The Morgan fingerprint density at radius 1 is 0.958 bits per heavy atom. The van der Waals surface area contributed by atoms with E-state index in [1.165, 1.54) is 9.64 Å². The molecule has 0 saturated carbocycles. The van der Waals surface area contributed by atoms with Gasteiger partial charge in [-0.15, -0.1) is 0 Å². The Bertz CT molecular complexity index is 702. The van der Waals surface area contributed by atoms with Gasteiger partial charge < -0.3 is 15.7 Å². The molecule has 2 rings (SSSR count). The second kappa shape index (κ2) is 9.27. The highest BCUT2D eigenvalue weighted by molar-refractivity contribution is 14.1. The van der Waals surface area contributed by atoms with Crippen molar-refractivity contribution in [1.82, 2.24) is 10.6 Å².